The summed E-state index contributed by atoms with van der Waals surface area (Å²) < 4.78 is 10.1. The van der Waals surface area contributed by atoms with Crippen LogP contribution in [0.3, 0.4) is 0 Å². The number of ether oxygens (including phenoxy) is 1. The first kappa shape index (κ1) is 18.5. The van der Waals surface area contributed by atoms with Gasteiger partial charge in [-0.3, -0.25) is 9.78 Å². The predicted molar refractivity (Wildman–Crippen MR) is 96.4 cm³/mol. The minimum atomic E-state index is -0.0158. The number of nitrogens with zero attached hydrogens (tertiary/aromatic N) is 4. The van der Waals surface area contributed by atoms with E-state index in [1.165, 1.54) is 11.8 Å². The first-order valence-corrected chi connectivity index (χ1v) is 8.96. The number of methoxy groups -OCH3 is 1. The van der Waals surface area contributed by atoms with Crippen LogP contribution < -0.4 is 0 Å². The molecule has 2 aromatic heterocycles. The molecule has 0 bridgehead atoms. The highest BCUT2D eigenvalue weighted by molar-refractivity contribution is 5.94. The Bertz CT molecular complexity index is 704. The molecule has 7 heteroatoms. The van der Waals surface area contributed by atoms with Gasteiger partial charge < -0.3 is 19.1 Å². The van der Waals surface area contributed by atoms with Crippen molar-refractivity contribution in [3.63, 3.8) is 0 Å². The first-order chi connectivity index (χ1) is 12.7. The summed E-state index contributed by atoms with van der Waals surface area (Å²) in [6, 6.07) is 4.05. The van der Waals surface area contributed by atoms with Crippen LogP contribution in [0.5, 0.6) is 0 Å². The van der Waals surface area contributed by atoms with Gasteiger partial charge in [0.15, 0.2) is 0 Å². The van der Waals surface area contributed by atoms with Crippen LogP contribution in [0, 0.1) is 5.92 Å². The zero-order chi connectivity index (χ0) is 18.4. The topological polar surface area (TPSA) is 71.7 Å². The minimum absolute atomic E-state index is 0.0158. The van der Waals surface area contributed by atoms with Crippen molar-refractivity contribution >= 4 is 5.91 Å². The van der Waals surface area contributed by atoms with Crippen LogP contribution in [0.15, 0.2) is 35.3 Å². The quantitative estimate of drug-likeness (QED) is 0.756. The number of carbonyl (C=O) groups excluding carboxylic acids is 1. The van der Waals surface area contributed by atoms with Crippen molar-refractivity contribution in [2.75, 3.05) is 33.8 Å². The molecular formula is C19H26N4O3. The van der Waals surface area contributed by atoms with E-state index >= 15 is 0 Å². The average molecular weight is 358 g/mol. The van der Waals surface area contributed by atoms with Crippen LogP contribution in [0.1, 0.15) is 34.5 Å². The lowest BCUT2D eigenvalue weighted by molar-refractivity contribution is 0.0641. The Kier molecular flexibility index (Phi) is 6.35. The van der Waals surface area contributed by atoms with E-state index in [4.69, 9.17) is 9.26 Å². The Morgan fingerprint density at radius 1 is 1.50 bits per heavy atom. The van der Waals surface area contributed by atoms with Gasteiger partial charge in [-0.15, -0.1) is 0 Å². The normalized spacial score (nSPS) is 17.7. The number of hydrogen-bond acceptors (Lipinski definition) is 6. The minimum Gasteiger partial charge on any atom is -0.378 e. The van der Waals surface area contributed by atoms with Crippen molar-refractivity contribution in [3.05, 3.63) is 47.6 Å². The number of likely N-dealkylation sites (tertiary alicyclic amines) is 1. The van der Waals surface area contributed by atoms with Gasteiger partial charge in [0, 0.05) is 45.7 Å². The van der Waals surface area contributed by atoms with Crippen LogP contribution in [-0.2, 0) is 17.9 Å². The van der Waals surface area contributed by atoms with E-state index in [-0.39, 0.29) is 12.5 Å². The number of hydrogen-bond donors (Lipinski definition) is 0. The highest BCUT2D eigenvalue weighted by Crippen LogP contribution is 2.21. The monoisotopic (exact) mass is 358 g/mol. The first-order valence-electron chi connectivity index (χ1n) is 8.96. The van der Waals surface area contributed by atoms with Crippen LogP contribution in [0.2, 0.25) is 0 Å². The molecule has 1 atom stereocenters. The van der Waals surface area contributed by atoms with Gasteiger partial charge in [-0.25, -0.2) is 0 Å². The van der Waals surface area contributed by atoms with Gasteiger partial charge in [0.2, 0.25) is 0 Å². The fraction of sp³-hybridized carbons (Fsp3) is 0.526. The molecular weight excluding hydrogens is 332 g/mol. The van der Waals surface area contributed by atoms with E-state index in [1.54, 1.807) is 13.3 Å². The number of piperidine rings is 1. The molecule has 1 amide bonds. The van der Waals surface area contributed by atoms with Crippen LogP contribution in [0.4, 0.5) is 0 Å². The maximum absolute atomic E-state index is 12.8. The Morgan fingerprint density at radius 3 is 3.15 bits per heavy atom. The van der Waals surface area contributed by atoms with Crippen LogP contribution in [-0.4, -0.2) is 59.6 Å². The van der Waals surface area contributed by atoms with Crippen molar-refractivity contribution in [1.82, 2.24) is 19.9 Å². The summed E-state index contributed by atoms with van der Waals surface area (Å²) in [5, 5.41) is 3.87. The van der Waals surface area contributed by atoms with Crippen LogP contribution >= 0.6 is 0 Å². The molecule has 7 nitrogen and oxygen atoms in total. The highest BCUT2D eigenvalue weighted by Gasteiger charge is 2.28. The number of carbonyl (C=O) groups is 1. The molecule has 26 heavy (non-hydrogen) atoms. The van der Waals surface area contributed by atoms with Crippen molar-refractivity contribution in [2.45, 2.75) is 26.0 Å². The maximum atomic E-state index is 12.8. The molecule has 0 N–H and O–H groups in total. The largest absolute Gasteiger partial charge is 0.378 e. The SMILES string of the molecule is COCc1nocc1C(=O)N1CCCC(CN(C)Cc2cccnc2)C1. The summed E-state index contributed by atoms with van der Waals surface area (Å²) in [6.07, 6.45) is 7.26. The summed E-state index contributed by atoms with van der Waals surface area (Å²) in [5.41, 5.74) is 2.27. The number of rotatable bonds is 7. The molecule has 1 unspecified atom stereocenters. The van der Waals surface area contributed by atoms with E-state index in [9.17, 15) is 4.79 Å². The fourth-order valence-corrected chi connectivity index (χ4v) is 3.55. The number of amides is 1. The van der Waals surface area contributed by atoms with Crippen molar-refractivity contribution in [1.29, 1.82) is 0 Å². The molecule has 1 aliphatic rings. The lowest BCUT2D eigenvalue weighted by Gasteiger charge is -2.34. The van der Waals surface area contributed by atoms with Gasteiger partial charge in [0.05, 0.1) is 6.61 Å². The van der Waals surface area contributed by atoms with E-state index in [0.29, 0.717) is 17.2 Å². The fourth-order valence-electron chi connectivity index (χ4n) is 3.55. The molecule has 0 aliphatic carbocycles. The summed E-state index contributed by atoms with van der Waals surface area (Å²) >= 11 is 0. The predicted octanol–water partition coefficient (Wildman–Crippen LogP) is 2.20. The summed E-state index contributed by atoms with van der Waals surface area (Å²) in [7, 11) is 3.70. The van der Waals surface area contributed by atoms with Crippen molar-refractivity contribution in [2.24, 2.45) is 5.92 Å². The number of pyridine rings is 1. The Balaban J connectivity index is 1.56. The summed E-state index contributed by atoms with van der Waals surface area (Å²) in [4.78, 5) is 21.2. The van der Waals surface area contributed by atoms with Crippen molar-refractivity contribution in [3.8, 4) is 0 Å². The molecule has 1 saturated heterocycles. The molecule has 1 fully saturated rings. The van der Waals surface area contributed by atoms with Crippen molar-refractivity contribution < 1.29 is 14.1 Å². The molecule has 3 rings (SSSR count). The summed E-state index contributed by atoms with van der Waals surface area (Å²) in [5.74, 6) is 0.443. The lowest BCUT2D eigenvalue weighted by Crippen LogP contribution is -2.43. The Hall–Kier alpha value is -2.25. The lowest BCUT2D eigenvalue weighted by atomic mass is 9.96. The van der Waals surface area contributed by atoms with Gasteiger partial charge >= 0.3 is 0 Å². The Labute approximate surface area is 153 Å². The van der Waals surface area contributed by atoms with Gasteiger partial charge in [0.25, 0.3) is 5.91 Å². The smallest absolute Gasteiger partial charge is 0.259 e. The number of aromatic nitrogens is 2. The van der Waals surface area contributed by atoms with Gasteiger partial charge in [-0.1, -0.05) is 11.2 Å². The van der Waals surface area contributed by atoms with E-state index in [1.807, 2.05) is 17.2 Å². The average Bonchev–Trinajstić information content (AvgIpc) is 3.10. The standard InChI is InChI=1S/C19H26N4O3/c1-22(10-15-5-3-7-20-9-15)11-16-6-4-8-23(12-16)19(24)17-13-26-21-18(17)14-25-2/h3,5,7,9,13,16H,4,6,8,10-12,14H2,1-2H3. The van der Waals surface area contributed by atoms with Gasteiger partial charge in [0.1, 0.15) is 17.5 Å². The second-order valence-corrected chi connectivity index (χ2v) is 6.93. The third-order valence-corrected chi connectivity index (χ3v) is 4.71. The second-order valence-electron chi connectivity index (χ2n) is 6.93. The third-order valence-electron chi connectivity index (χ3n) is 4.71. The maximum Gasteiger partial charge on any atom is 0.259 e. The zero-order valence-electron chi connectivity index (χ0n) is 15.4. The second kappa shape index (κ2) is 8.91. The zero-order valence-corrected chi connectivity index (χ0v) is 15.4. The summed E-state index contributed by atoms with van der Waals surface area (Å²) in [6.45, 7) is 3.63. The van der Waals surface area contributed by atoms with E-state index < -0.39 is 0 Å². The third kappa shape index (κ3) is 4.68. The molecule has 0 aromatic carbocycles. The van der Waals surface area contributed by atoms with Gasteiger partial charge in [-0.2, -0.15) is 0 Å². The molecule has 0 radical (unpaired) electrons. The van der Waals surface area contributed by atoms with E-state index in [0.717, 1.165) is 39.0 Å². The molecule has 3 heterocycles. The van der Waals surface area contributed by atoms with Crippen LogP contribution in [0.25, 0.3) is 0 Å². The molecule has 2 aromatic rings. The van der Waals surface area contributed by atoms with Gasteiger partial charge in [-0.05, 0) is 37.4 Å². The van der Waals surface area contributed by atoms with E-state index in [2.05, 4.69) is 28.2 Å². The molecule has 0 saturated carbocycles. The Morgan fingerprint density at radius 2 is 2.38 bits per heavy atom. The highest BCUT2D eigenvalue weighted by atomic mass is 16.5. The molecule has 1 aliphatic heterocycles. The molecule has 0 spiro atoms. The molecule has 140 valence electrons.